The zero-order chi connectivity index (χ0) is 7.44. The van der Waals surface area contributed by atoms with Crippen LogP contribution in [0.4, 0.5) is 0 Å². The molecular formula is C5H9NO3. The van der Waals surface area contributed by atoms with Gasteiger partial charge < -0.3 is 15.6 Å². The molecular weight excluding hydrogens is 122 g/mol. The highest BCUT2D eigenvalue weighted by atomic mass is 16.4. The van der Waals surface area contributed by atoms with Crippen molar-refractivity contribution in [2.24, 2.45) is 11.7 Å². The second-order valence-corrected chi connectivity index (χ2v) is 1.86. The van der Waals surface area contributed by atoms with E-state index in [-0.39, 0.29) is 0 Å². The van der Waals surface area contributed by atoms with E-state index in [0.717, 1.165) is 0 Å². The van der Waals surface area contributed by atoms with Crippen molar-refractivity contribution in [2.75, 3.05) is 0 Å². The summed E-state index contributed by atoms with van der Waals surface area (Å²) in [7, 11) is 0. The lowest BCUT2D eigenvalue weighted by molar-refractivity contribution is -0.140. The summed E-state index contributed by atoms with van der Waals surface area (Å²) in [6, 6.07) is -1.07. The fourth-order valence-corrected chi connectivity index (χ4v) is 0.310. The van der Waals surface area contributed by atoms with Crippen LogP contribution in [-0.2, 0) is 9.59 Å². The molecule has 0 rings (SSSR count). The first kappa shape index (κ1) is 8.10. The van der Waals surface area contributed by atoms with Gasteiger partial charge in [-0.15, -0.1) is 0 Å². The van der Waals surface area contributed by atoms with Crippen LogP contribution in [0.15, 0.2) is 0 Å². The summed E-state index contributed by atoms with van der Waals surface area (Å²) in [6.45, 7) is 1.46. The Morgan fingerprint density at radius 3 is 2.33 bits per heavy atom. The van der Waals surface area contributed by atoms with Crippen LogP contribution in [0.25, 0.3) is 0 Å². The molecule has 0 aromatic heterocycles. The molecule has 0 aromatic rings. The summed E-state index contributed by atoms with van der Waals surface area (Å²) in [4.78, 5) is 19.9. The zero-order valence-corrected chi connectivity index (χ0v) is 5.07. The number of carbonyl (C=O) groups is 2. The average Bonchev–Trinajstić information content (AvgIpc) is 1.84. The van der Waals surface area contributed by atoms with Crippen molar-refractivity contribution in [1.82, 2.24) is 0 Å². The molecule has 0 radical (unpaired) electrons. The molecule has 0 aromatic carbocycles. The first-order valence-corrected chi connectivity index (χ1v) is 2.53. The van der Waals surface area contributed by atoms with Crippen LogP contribution in [0, 0.1) is 5.92 Å². The van der Waals surface area contributed by atoms with Gasteiger partial charge in [0.15, 0.2) is 0 Å². The molecule has 0 spiro atoms. The minimum atomic E-state index is -1.14. The van der Waals surface area contributed by atoms with E-state index in [9.17, 15) is 9.59 Å². The lowest BCUT2D eigenvalue weighted by Gasteiger charge is -2.06. The van der Waals surface area contributed by atoms with Crippen LogP contribution >= 0.6 is 0 Å². The van der Waals surface area contributed by atoms with Crippen LogP contribution in [0.5, 0.6) is 0 Å². The van der Waals surface area contributed by atoms with Gasteiger partial charge in [-0.05, 0) is 0 Å². The van der Waals surface area contributed by atoms with Crippen molar-refractivity contribution in [2.45, 2.75) is 13.0 Å². The van der Waals surface area contributed by atoms with Crippen molar-refractivity contribution in [3.05, 3.63) is 0 Å². The van der Waals surface area contributed by atoms with E-state index in [1.165, 1.54) is 6.92 Å². The SMILES string of the molecule is C[C@H](C=O)[C@H](N)C(=O)O. The Labute approximate surface area is 52.7 Å². The largest absolute Gasteiger partial charge is 0.480 e. The zero-order valence-electron chi connectivity index (χ0n) is 5.07. The molecule has 0 aliphatic heterocycles. The highest BCUT2D eigenvalue weighted by Crippen LogP contribution is 1.94. The van der Waals surface area contributed by atoms with Gasteiger partial charge in [0.1, 0.15) is 12.3 Å². The molecule has 0 saturated heterocycles. The molecule has 52 valence electrons. The molecule has 0 aliphatic rings. The van der Waals surface area contributed by atoms with Crippen molar-refractivity contribution < 1.29 is 14.7 Å². The van der Waals surface area contributed by atoms with Crippen molar-refractivity contribution in [1.29, 1.82) is 0 Å². The second-order valence-electron chi connectivity index (χ2n) is 1.86. The van der Waals surface area contributed by atoms with E-state index in [1.807, 2.05) is 0 Å². The minimum absolute atomic E-state index is 0.527. The van der Waals surface area contributed by atoms with Crippen molar-refractivity contribution in [3.8, 4) is 0 Å². The van der Waals surface area contributed by atoms with Crippen molar-refractivity contribution >= 4 is 12.3 Å². The lowest BCUT2D eigenvalue weighted by Crippen LogP contribution is -2.37. The highest BCUT2D eigenvalue weighted by Gasteiger charge is 2.18. The number of aldehydes is 1. The maximum Gasteiger partial charge on any atom is 0.321 e. The van der Waals surface area contributed by atoms with E-state index in [0.29, 0.717) is 6.29 Å². The van der Waals surface area contributed by atoms with E-state index in [1.54, 1.807) is 0 Å². The van der Waals surface area contributed by atoms with Gasteiger partial charge in [-0.3, -0.25) is 4.79 Å². The van der Waals surface area contributed by atoms with Gasteiger partial charge >= 0.3 is 5.97 Å². The summed E-state index contributed by atoms with van der Waals surface area (Å²) in [5, 5.41) is 8.20. The Morgan fingerprint density at radius 2 is 2.22 bits per heavy atom. The number of carbonyl (C=O) groups excluding carboxylic acids is 1. The molecule has 0 amide bonds. The molecule has 0 heterocycles. The minimum Gasteiger partial charge on any atom is -0.480 e. The number of nitrogens with two attached hydrogens (primary N) is 1. The molecule has 0 aliphatic carbocycles. The number of carboxylic acids is 1. The Kier molecular flexibility index (Phi) is 2.87. The highest BCUT2D eigenvalue weighted by molar-refractivity contribution is 5.77. The molecule has 0 unspecified atom stereocenters. The molecule has 2 atom stereocenters. The molecule has 4 nitrogen and oxygen atoms in total. The fraction of sp³-hybridized carbons (Fsp3) is 0.600. The third-order valence-corrected chi connectivity index (χ3v) is 1.07. The molecule has 0 saturated carbocycles. The number of hydrogen-bond donors (Lipinski definition) is 2. The number of hydrogen-bond acceptors (Lipinski definition) is 3. The Balaban J connectivity index is 3.86. The Morgan fingerprint density at radius 1 is 1.78 bits per heavy atom. The number of rotatable bonds is 3. The molecule has 3 N–H and O–H groups in total. The summed E-state index contributed by atoms with van der Waals surface area (Å²) < 4.78 is 0. The van der Waals surface area contributed by atoms with Crippen LogP contribution in [-0.4, -0.2) is 23.4 Å². The van der Waals surface area contributed by atoms with Crippen LogP contribution in [0.2, 0.25) is 0 Å². The van der Waals surface area contributed by atoms with Gasteiger partial charge in [0, 0.05) is 5.92 Å². The van der Waals surface area contributed by atoms with Crippen molar-refractivity contribution in [3.63, 3.8) is 0 Å². The van der Waals surface area contributed by atoms with Crippen LogP contribution < -0.4 is 5.73 Å². The maximum atomic E-state index is 10.0. The third kappa shape index (κ3) is 2.23. The Bertz CT molecular complexity index is 123. The molecule has 9 heavy (non-hydrogen) atoms. The average molecular weight is 131 g/mol. The van der Waals surface area contributed by atoms with E-state index >= 15 is 0 Å². The summed E-state index contributed by atoms with van der Waals surface area (Å²) in [6.07, 6.45) is 0.527. The van der Waals surface area contributed by atoms with Gasteiger partial charge in [-0.2, -0.15) is 0 Å². The van der Waals surface area contributed by atoms with Gasteiger partial charge in [-0.25, -0.2) is 0 Å². The fourth-order valence-electron chi connectivity index (χ4n) is 0.310. The predicted octanol–water partition coefficient (Wildman–Crippen LogP) is -0.767. The third-order valence-electron chi connectivity index (χ3n) is 1.07. The van der Waals surface area contributed by atoms with E-state index in [2.05, 4.69) is 0 Å². The van der Waals surface area contributed by atoms with Crippen LogP contribution in [0.1, 0.15) is 6.92 Å². The molecule has 0 bridgehead atoms. The Hall–Kier alpha value is -0.900. The van der Waals surface area contributed by atoms with E-state index in [4.69, 9.17) is 10.8 Å². The number of carboxylic acid groups (broad SMARTS) is 1. The van der Waals surface area contributed by atoms with Gasteiger partial charge in [-0.1, -0.05) is 6.92 Å². The number of aliphatic carboxylic acids is 1. The molecule has 0 fully saturated rings. The predicted molar refractivity (Wildman–Crippen MR) is 30.8 cm³/mol. The smallest absolute Gasteiger partial charge is 0.321 e. The molecule has 4 heteroatoms. The topological polar surface area (TPSA) is 80.4 Å². The first-order valence-electron chi connectivity index (χ1n) is 2.53. The quantitative estimate of drug-likeness (QED) is 0.493. The summed E-state index contributed by atoms with van der Waals surface area (Å²) >= 11 is 0. The summed E-state index contributed by atoms with van der Waals surface area (Å²) in [5.74, 6) is -1.75. The first-order chi connectivity index (χ1) is 4.09. The standard InChI is InChI=1S/C5H9NO3/c1-3(2-7)4(6)5(8)9/h2-4H,6H2,1H3,(H,8,9)/t3-,4+/m1/s1. The van der Waals surface area contributed by atoms with Crippen LogP contribution in [0.3, 0.4) is 0 Å². The normalized spacial score (nSPS) is 16.2. The summed E-state index contributed by atoms with van der Waals surface area (Å²) in [5.41, 5.74) is 5.04. The maximum absolute atomic E-state index is 10.0. The van der Waals surface area contributed by atoms with Gasteiger partial charge in [0.2, 0.25) is 0 Å². The monoisotopic (exact) mass is 131 g/mol. The van der Waals surface area contributed by atoms with Gasteiger partial charge in [0.25, 0.3) is 0 Å². The van der Waals surface area contributed by atoms with Gasteiger partial charge in [0.05, 0.1) is 0 Å². The second kappa shape index (κ2) is 3.19. The van der Waals surface area contributed by atoms with E-state index < -0.39 is 17.9 Å². The lowest BCUT2D eigenvalue weighted by atomic mass is 10.1.